The minimum absolute atomic E-state index is 0.0427. The largest absolute Gasteiger partial charge is 0.326 e. The van der Waals surface area contributed by atoms with Crippen LogP contribution in [0.5, 0.6) is 0 Å². The lowest BCUT2D eigenvalue weighted by Gasteiger charge is -2.09. The van der Waals surface area contributed by atoms with Crippen LogP contribution in [0.15, 0.2) is 66.9 Å². The first-order chi connectivity index (χ1) is 14.5. The van der Waals surface area contributed by atoms with E-state index < -0.39 is 11.8 Å². The smallest absolute Gasteiger partial charge is 0.274 e. The number of nitrogens with zero attached hydrogens (tertiary/aromatic N) is 2. The fourth-order valence-corrected chi connectivity index (χ4v) is 2.65. The van der Waals surface area contributed by atoms with E-state index in [4.69, 9.17) is 5.26 Å². The summed E-state index contributed by atoms with van der Waals surface area (Å²) in [5, 5.41) is 17.1. The average molecular weight is 399 g/mol. The second-order valence-electron chi connectivity index (χ2n) is 6.26. The molecule has 0 unspecified atom stereocenters. The van der Waals surface area contributed by atoms with Gasteiger partial charge in [-0.1, -0.05) is 18.2 Å². The highest BCUT2D eigenvalue weighted by molar-refractivity contribution is 6.08. The summed E-state index contributed by atoms with van der Waals surface area (Å²) in [4.78, 5) is 40.3. The Morgan fingerprint density at radius 2 is 1.60 bits per heavy atom. The van der Waals surface area contributed by atoms with Crippen LogP contribution < -0.4 is 16.0 Å². The van der Waals surface area contributed by atoms with Gasteiger partial charge in [0, 0.05) is 30.1 Å². The predicted molar refractivity (Wildman–Crippen MR) is 112 cm³/mol. The van der Waals surface area contributed by atoms with Gasteiger partial charge in [0.1, 0.15) is 11.8 Å². The number of carbonyl (C=O) groups excluding carboxylic acids is 3. The zero-order chi connectivity index (χ0) is 21.5. The molecule has 148 valence electrons. The van der Waals surface area contributed by atoms with Crippen LogP contribution in [0.25, 0.3) is 0 Å². The van der Waals surface area contributed by atoms with E-state index in [2.05, 4.69) is 20.9 Å². The molecule has 0 spiro atoms. The summed E-state index contributed by atoms with van der Waals surface area (Å²) in [6, 6.07) is 18.1. The number of hydrogen-bond donors (Lipinski definition) is 3. The van der Waals surface area contributed by atoms with Crippen molar-refractivity contribution < 1.29 is 14.4 Å². The van der Waals surface area contributed by atoms with E-state index in [1.165, 1.54) is 25.3 Å². The number of nitriles is 1. The number of benzene rings is 2. The summed E-state index contributed by atoms with van der Waals surface area (Å²) < 4.78 is 0. The standard InChI is InChI=1S/C22H17N5O3/c1-14(28)25-17-6-4-7-18(12-17)26-22(30)20-11-15(9-10-24-20)21(29)27-19-8-3-2-5-16(19)13-23/h2-12H,1H3,(H,25,28)(H,26,30)(H,27,29). The van der Waals surface area contributed by atoms with Crippen LogP contribution >= 0.6 is 0 Å². The van der Waals surface area contributed by atoms with E-state index in [1.54, 1.807) is 48.5 Å². The lowest BCUT2D eigenvalue weighted by molar-refractivity contribution is -0.114. The average Bonchev–Trinajstić information content (AvgIpc) is 2.74. The van der Waals surface area contributed by atoms with Gasteiger partial charge in [-0.15, -0.1) is 0 Å². The summed E-state index contributed by atoms with van der Waals surface area (Å²) in [5.41, 5.74) is 1.97. The van der Waals surface area contributed by atoms with E-state index in [0.717, 1.165) is 0 Å². The first-order valence-corrected chi connectivity index (χ1v) is 8.92. The predicted octanol–water partition coefficient (Wildman–Crippen LogP) is 3.42. The fraction of sp³-hybridized carbons (Fsp3) is 0.0455. The lowest BCUT2D eigenvalue weighted by atomic mass is 10.1. The molecule has 30 heavy (non-hydrogen) atoms. The number of carbonyl (C=O) groups is 3. The number of pyridine rings is 1. The first-order valence-electron chi connectivity index (χ1n) is 8.92. The molecule has 3 aromatic rings. The van der Waals surface area contributed by atoms with E-state index in [0.29, 0.717) is 22.6 Å². The third kappa shape index (κ3) is 5.05. The maximum atomic E-state index is 12.5. The lowest BCUT2D eigenvalue weighted by Crippen LogP contribution is -2.17. The van der Waals surface area contributed by atoms with Crippen LogP contribution in [-0.4, -0.2) is 22.7 Å². The molecule has 0 saturated heterocycles. The maximum Gasteiger partial charge on any atom is 0.274 e. The summed E-state index contributed by atoms with van der Waals surface area (Å²) in [6.45, 7) is 1.39. The van der Waals surface area contributed by atoms with Crippen molar-refractivity contribution in [2.45, 2.75) is 6.92 Å². The van der Waals surface area contributed by atoms with Gasteiger partial charge in [-0.2, -0.15) is 5.26 Å². The highest BCUT2D eigenvalue weighted by Gasteiger charge is 2.14. The Morgan fingerprint density at radius 1 is 0.867 bits per heavy atom. The van der Waals surface area contributed by atoms with Gasteiger partial charge in [0.25, 0.3) is 11.8 Å². The maximum absolute atomic E-state index is 12.5. The van der Waals surface area contributed by atoms with Crippen molar-refractivity contribution in [1.82, 2.24) is 4.98 Å². The summed E-state index contributed by atoms with van der Waals surface area (Å²) >= 11 is 0. The normalized spacial score (nSPS) is 9.87. The van der Waals surface area contributed by atoms with Gasteiger partial charge in [-0.25, -0.2) is 0 Å². The van der Waals surface area contributed by atoms with E-state index in [9.17, 15) is 14.4 Å². The van der Waals surface area contributed by atoms with Gasteiger partial charge in [0.2, 0.25) is 5.91 Å². The molecular weight excluding hydrogens is 382 g/mol. The molecule has 0 aliphatic rings. The molecule has 1 aromatic heterocycles. The Hall–Kier alpha value is -4.51. The number of hydrogen-bond acceptors (Lipinski definition) is 5. The van der Waals surface area contributed by atoms with Gasteiger partial charge in [-0.3, -0.25) is 19.4 Å². The van der Waals surface area contributed by atoms with Crippen LogP contribution in [0.2, 0.25) is 0 Å². The molecule has 0 aliphatic heterocycles. The monoisotopic (exact) mass is 399 g/mol. The number of aromatic nitrogens is 1. The van der Waals surface area contributed by atoms with E-state index in [1.807, 2.05) is 6.07 Å². The molecule has 8 nitrogen and oxygen atoms in total. The van der Waals surface area contributed by atoms with Crippen molar-refractivity contribution in [3.63, 3.8) is 0 Å². The Kier molecular flexibility index (Phi) is 6.15. The van der Waals surface area contributed by atoms with E-state index in [-0.39, 0.29) is 17.2 Å². The fourth-order valence-electron chi connectivity index (χ4n) is 2.65. The van der Waals surface area contributed by atoms with Gasteiger partial charge in [0.05, 0.1) is 11.3 Å². The second kappa shape index (κ2) is 9.12. The molecule has 0 atom stereocenters. The van der Waals surface area contributed by atoms with Gasteiger partial charge in [-0.05, 0) is 42.5 Å². The summed E-state index contributed by atoms with van der Waals surface area (Å²) in [6.07, 6.45) is 1.35. The van der Waals surface area contributed by atoms with Crippen molar-refractivity contribution in [3.05, 3.63) is 83.7 Å². The quantitative estimate of drug-likeness (QED) is 0.606. The van der Waals surface area contributed by atoms with Crippen LogP contribution in [0.1, 0.15) is 33.3 Å². The Morgan fingerprint density at radius 3 is 2.33 bits per heavy atom. The molecule has 3 rings (SSSR count). The molecule has 0 aliphatic carbocycles. The van der Waals surface area contributed by atoms with Crippen molar-refractivity contribution in [1.29, 1.82) is 5.26 Å². The first kappa shape index (κ1) is 20.2. The molecule has 1 heterocycles. The minimum Gasteiger partial charge on any atom is -0.326 e. The van der Waals surface area contributed by atoms with Crippen molar-refractivity contribution in [2.24, 2.45) is 0 Å². The molecule has 0 fully saturated rings. The highest BCUT2D eigenvalue weighted by atomic mass is 16.2. The summed E-state index contributed by atoms with van der Waals surface area (Å²) in [5.74, 6) is -1.21. The topological polar surface area (TPSA) is 124 Å². The Balaban J connectivity index is 1.75. The van der Waals surface area contributed by atoms with Gasteiger partial charge < -0.3 is 16.0 Å². The third-order valence-electron chi connectivity index (χ3n) is 3.99. The van der Waals surface area contributed by atoms with Crippen LogP contribution in [0.3, 0.4) is 0 Å². The van der Waals surface area contributed by atoms with Crippen LogP contribution in [0.4, 0.5) is 17.1 Å². The zero-order valence-corrected chi connectivity index (χ0v) is 16.0. The van der Waals surface area contributed by atoms with E-state index >= 15 is 0 Å². The Labute approximate surface area is 172 Å². The zero-order valence-electron chi connectivity index (χ0n) is 16.0. The number of rotatable bonds is 5. The molecule has 3 N–H and O–H groups in total. The molecule has 8 heteroatoms. The van der Waals surface area contributed by atoms with Crippen molar-refractivity contribution in [3.8, 4) is 6.07 Å². The van der Waals surface area contributed by atoms with Gasteiger partial charge in [0.15, 0.2) is 0 Å². The molecule has 2 aromatic carbocycles. The SMILES string of the molecule is CC(=O)Nc1cccc(NC(=O)c2cc(C(=O)Nc3ccccc3C#N)ccn2)c1. The molecule has 0 saturated carbocycles. The Bertz CT molecular complexity index is 1170. The number of anilines is 3. The van der Waals surface area contributed by atoms with Crippen molar-refractivity contribution >= 4 is 34.8 Å². The molecule has 3 amide bonds. The minimum atomic E-state index is -0.512. The second-order valence-corrected chi connectivity index (χ2v) is 6.26. The third-order valence-corrected chi connectivity index (χ3v) is 3.99. The number of para-hydroxylation sites is 1. The van der Waals surface area contributed by atoms with Crippen LogP contribution in [-0.2, 0) is 4.79 Å². The van der Waals surface area contributed by atoms with Crippen LogP contribution in [0, 0.1) is 11.3 Å². The molecular formula is C22H17N5O3. The number of amides is 3. The highest BCUT2D eigenvalue weighted by Crippen LogP contribution is 2.17. The number of nitrogens with one attached hydrogen (secondary N) is 3. The molecule has 0 bridgehead atoms. The van der Waals surface area contributed by atoms with Gasteiger partial charge >= 0.3 is 0 Å². The van der Waals surface area contributed by atoms with Crippen molar-refractivity contribution in [2.75, 3.05) is 16.0 Å². The summed E-state index contributed by atoms with van der Waals surface area (Å²) in [7, 11) is 0. The molecule has 0 radical (unpaired) electrons.